The second-order valence-electron chi connectivity index (χ2n) is 4.30. The zero-order chi connectivity index (χ0) is 15.8. The molecular formula is C12H10O7S2. The summed E-state index contributed by atoms with van der Waals surface area (Å²) in [6.45, 7) is 0. The minimum atomic E-state index is -4.50. The highest BCUT2D eigenvalue weighted by Gasteiger charge is 2.29. The van der Waals surface area contributed by atoms with E-state index in [0.29, 0.717) is 11.1 Å². The monoisotopic (exact) mass is 330 g/mol. The first-order valence-corrected chi connectivity index (χ1v) is 8.51. The zero-order valence-corrected chi connectivity index (χ0v) is 12.0. The lowest BCUT2D eigenvalue weighted by Crippen LogP contribution is -2.28. The van der Waals surface area contributed by atoms with Crippen LogP contribution < -0.4 is 0 Å². The predicted molar refractivity (Wildman–Crippen MR) is 73.7 cm³/mol. The van der Waals surface area contributed by atoms with Crippen LogP contribution in [-0.4, -0.2) is 37.0 Å². The topological polar surface area (TPSA) is 126 Å². The van der Waals surface area contributed by atoms with Gasteiger partial charge in [-0.1, -0.05) is 24.3 Å². The second-order valence-corrected chi connectivity index (χ2v) is 7.26. The van der Waals surface area contributed by atoms with Crippen LogP contribution in [0, 0.1) is 0 Å². The average molecular weight is 330 g/mol. The quantitative estimate of drug-likeness (QED) is 0.782. The van der Waals surface area contributed by atoms with Crippen molar-refractivity contribution in [2.45, 2.75) is 10.1 Å². The van der Waals surface area contributed by atoms with Crippen LogP contribution in [0.2, 0.25) is 0 Å². The number of carbonyl (C=O) groups is 1. The molecule has 9 heteroatoms. The summed E-state index contributed by atoms with van der Waals surface area (Å²) in [4.78, 5) is 11.4. The Morgan fingerprint density at radius 1 is 0.952 bits per heavy atom. The molecule has 0 amide bonds. The Kier molecular flexibility index (Phi) is 3.85. The van der Waals surface area contributed by atoms with Crippen LogP contribution in [0.3, 0.4) is 0 Å². The number of carbonyl (C=O) groups excluding carboxylic acids is 1. The van der Waals surface area contributed by atoms with Gasteiger partial charge in [0.2, 0.25) is 0 Å². The lowest BCUT2D eigenvalue weighted by atomic mass is 9.99. The van der Waals surface area contributed by atoms with Gasteiger partial charge in [0.25, 0.3) is 20.2 Å². The van der Waals surface area contributed by atoms with Crippen molar-refractivity contribution in [2.75, 3.05) is 0 Å². The SMILES string of the molecule is O=C1C=C(c2ccc(S(=O)(=O)O)cc2)C=CC1S(=O)(=O)O. The Balaban J connectivity index is 2.34. The van der Waals surface area contributed by atoms with Gasteiger partial charge in [0.1, 0.15) is 0 Å². The van der Waals surface area contributed by atoms with Crippen molar-refractivity contribution < 1.29 is 30.7 Å². The van der Waals surface area contributed by atoms with Crippen molar-refractivity contribution >= 4 is 31.6 Å². The highest BCUT2D eigenvalue weighted by atomic mass is 32.2. The number of ketones is 1. The van der Waals surface area contributed by atoms with Crippen molar-refractivity contribution in [1.29, 1.82) is 0 Å². The third-order valence-electron chi connectivity index (χ3n) is 2.84. The molecular weight excluding hydrogens is 320 g/mol. The molecule has 0 spiro atoms. The summed E-state index contributed by atoms with van der Waals surface area (Å²) in [5, 5.41) is -1.63. The molecule has 1 atom stereocenters. The molecule has 1 aromatic carbocycles. The predicted octanol–water partition coefficient (Wildman–Crippen LogP) is 0.712. The average Bonchev–Trinajstić information content (AvgIpc) is 2.36. The zero-order valence-electron chi connectivity index (χ0n) is 10.4. The van der Waals surface area contributed by atoms with Crippen LogP contribution in [0.4, 0.5) is 0 Å². The number of allylic oxidation sites excluding steroid dienone is 3. The van der Waals surface area contributed by atoms with Gasteiger partial charge in [-0.15, -0.1) is 0 Å². The minimum absolute atomic E-state index is 0.297. The molecule has 21 heavy (non-hydrogen) atoms. The highest BCUT2D eigenvalue weighted by Crippen LogP contribution is 2.23. The highest BCUT2D eigenvalue weighted by molar-refractivity contribution is 7.87. The summed E-state index contributed by atoms with van der Waals surface area (Å²) in [6.07, 6.45) is 3.42. The van der Waals surface area contributed by atoms with Gasteiger partial charge in [0.15, 0.2) is 11.0 Å². The lowest BCUT2D eigenvalue weighted by molar-refractivity contribution is -0.113. The Hall–Kier alpha value is -1.81. The molecule has 1 unspecified atom stereocenters. The molecule has 2 rings (SSSR count). The number of rotatable bonds is 3. The smallest absolute Gasteiger partial charge is 0.293 e. The number of benzene rings is 1. The summed E-state index contributed by atoms with van der Waals surface area (Å²) in [5.41, 5.74) is 0.822. The van der Waals surface area contributed by atoms with Gasteiger partial charge in [-0.3, -0.25) is 13.9 Å². The van der Waals surface area contributed by atoms with Gasteiger partial charge < -0.3 is 0 Å². The van der Waals surface area contributed by atoms with E-state index in [4.69, 9.17) is 9.11 Å². The maximum Gasteiger partial charge on any atom is 0.294 e. The summed E-state index contributed by atoms with van der Waals surface area (Å²) in [6, 6.07) is 5.03. The molecule has 2 N–H and O–H groups in total. The van der Waals surface area contributed by atoms with Crippen molar-refractivity contribution in [3.8, 4) is 0 Å². The molecule has 0 aromatic heterocycles. The third kappa shape index (κ3) is 3.45. The van der Waals surface area contributed by atoms with E-state index in [0.717, 1.165) is 24.3 Å². The van der Waals surface area contributed by atoms with Crippen LogP contribution in [0.25, 0.3) is 5.57 Å². The number of hydrogen-bond acceptors (Lipinski definition) is 5. The van der Waals surface area contributed by atoms with E-state index in [1.54, 1.807) is 0 Å². The molecule has 0 aliphatic heterocycles. The van der Waals surface area contributed by atoms with Gasteiger partial charge in [-0.25, -0.2) is 0 Å². The molecule has 112 valence electrons. The van der Waals surface area contributed by atoms with Crippen LogP contribution in [0.15, 0.2) is 47.4 Å². The Bertz CT molecular complexity index is 843. The van der Waals surface area contributed by atoms with E-state index < -0.39 is 31.3 Å². The molecule has 0 fully saturated rings. The summed E-state index contributed by atoms with van der Waals surface area (Å²) in [5.74, 6) is -0.797. The maximum absolute atomic E-state index is 11.6. The largest absolute Gasteiger partial charge is 0.294 e. The summed E-state index contributed by atoms with van der Waals surface area (Å²) >= 11 is 0. The molecule has 0 heterocycles. The van der Waals surface area contributed by atoms with E-state index in [9.17, 15) is 21.6 Å². The van der Waals surface area contributed by atoms with Crippen molar-refractivity contribution in [2.24, 2.45) is 0 Å². The van der Waals surface area contributed by atoms with E-state index in [1.165, 1.54) is 18.2 Å². The maximum atomic E-state index is 11.6. The first kappa shape index (κ1) is 15.6. The molecule has 1 aliphatic carbocycles. The minimum Gasteiger partial charge on any atom is -0.293 e. The number of hydrogen-bond donors (Lipinski definition) is 2. The van der Waals surface area contributed by atoms with Gasteiger partial charge in [-0.05, 0) is 29.3 Å². The third-order valence-corrected chi connectivity index (χ3v) is 4.73. The molecule has 0 bridgehead atoms. The van der Waals surface area contributed by atoms with Gasteiger partial charge in [-0.2, -0.15) is 16.8 Å². The van der Waals surface area contributed by atoms with Gasteiger partial charge >= 0.3 is 0 Å². The van der Waals surface area contributed by atoms with Crippen LogP contribution >= 0.6 is 0 Å². The van der Waals surface area contributed by atoms with Gasteiger partial charge in [0, 0.05) is 0 Å². The lowest BCUT2D eigenvalue weighted by Gasteiger charge is -2.13. The second kappa shape index (κ2) is 5.19. The van der Waals surface area contributed by atoms with Crippen LogP contribution in [0.5, 0.6) is 0 Å². The molecule has 0 saturated heterocycles. The normalized spacial score (nSPS) is 19.4. The molecule has 7 nitrogen and oxygen atoms in total. The first-order chi connectivity index (χ1) is 9.59. The molecule has 1 aromatic rings. The fourth-order valence-corrected chi connectivity index (χ4v) is 2.93. The van der Waals surface area contributed by atoms with E-state index in [-0.39, 0.29) is 4.90 Å². The van der Waals surface area contributed by atoms with Crippen molar-refractivity contribution in [3.05, 3.63) is 48.1 Å². The van der Waals surface area contributed by atoms with Crippen molar-refractivity contribution in [1.82, 2.24) is 0 Å². The first-order valence-electron chi connectivity index (χ1n) is 5.57. The van der Waals surface area contributed by atoms with Crippen LogP contribution in [-0.2, 0) is 25.0 Å². The fraction of sp³-hybridized carbons (Fsp3) is 0.0833. The Morgan fingerprint density at radius 2 is 1.52 bits per heavy atom. The summed E-state index contributed by atoms with van der Waals surface area (Å²) < 4.78 is 61.4. The van der Waals surface area contributed by atoms with E-state index in [1.807, 2.05) is 0 Å². The van der Waals surface area contributed by atoms with E-state index in [2.05, 4.69) is 0 Å². The molecule has 0 radical (unpaired) electrons. The Labute approximate surface area is 121 Å². The summed E-state index contributed by atoms with van der Waals surface area (Å²) in [7, 11) is -8.81. The fourth-order valence-electron chi connectivity index (χ4n) is 1.81. The van der Waals surface area contributed by atoms with Crippen molar-refractivity contribution in [3.63, 3.8) is 0 Å². The van der Waals surface area contributed by atoms with Gasteiger partial charge in [0.05, 0.1) is 4.90 Å². The molecule has 0 saturated carbocycles. The molecule has 1 aliphatic rings. The standard InChI is InChI=1S/C12H10O7S2/c13-11-7-9(3-6-12(11)21(17,18)19)8-1-4-10(5-2-8)20(14,15)16/h1-7,12H,(H,14,15,16)(H,17,18,19). The van der Waals surface area contributed by atoms with Crippen LogP contribution in [0.1, 0.15) is 5.56 Å². The Morgan fingerprint density at radius 3 is 1.95 bits per heavy atom. The van der Waals surface area contributed by atoms with E-state index >= 15 is 0 Å².